The van der Waals surface area contributed by atoms with Crippen LogP contribution in [0.3, 0.4) is 0 Å². The number of para-hydroxylation sites is 1. The Morgan fingerprint density at radius 3 is 2.84 bits per heavy atom. The Bertz CT molecular complexity index is 1110. The largest absolute Gasteiger partial charge is 1.00 e. The second-order valence-electron chi connectivity index (χ2n) is 7.63. The molecule has 0 bridgehead atoms. The molecule has 8 nitrogen and oxygen atoms in total. The molecule has 0 spiro atoms. The zero-order valence-electron chi connectivity index (χ0n) is 20.0. The van der Waals surface area contributed by atoms with Gasteiger partial charge in [0, 0.05) is 43.8 Å². The molecule has 2 unspecified atom stereocenters. The van der Waals surface area contributed by atoms with Gasteiger partial charge in [-0.15, -0.1) is 0 Å². The monoisotopic (exact) mass is 445 g/mol. The quantitative estimate of drug-likeness (QED) is 0.304. The zero-order valence-corrected chi connectivity index (χ0v) is 21.0. The number of nitrogens with one attached hydrogen (secondary N) is 2. The van der Waals surface area contributed by atoms with E-state index in [1.165, 1.54) is 7.11 Å². The van der Waals surface area contributed by atoms with Gasteiger partial charge in [-0.25, -0.2) is 9.78 Å². The molecule has 164 valence electrons. The fraction of sp³-hybridized carbons (Fsp3) is 0.348. The first kappa shape index (κ1) is 24.3. The van der Waals surface area contributed by atoms with Crippen LogP contribution in [0, 0.1) is 0 Å². The number of carbonyl (C=O) groups is 2. The van der Waals surface area contributed by atoms with Gasteiger partial charge in [0.15, 0.2) is 5.82 Å². The number of nitrogens with zero attached hydrogens (tertiary/aromatic N) is 3. The average molecular weight is 445 g/mol. The van der Waals surface area contributed by atoms with Crippen molar-refractivity contribution >= 4 is 34.7 Å². The molecule has 1 fully saturated rings. The number of rotatable bonds is 6. The minimum atomic E-state index is -0.392. The molecule has 0 aliphatic carbocycles. The summed E-state index contributed by atoms with van der Waals surface area (Å²) in [4.78, 5) is 36.7. The molecule has 0 saturated carbocycles. The van der Waals surface area contributed by atoms with Crippen LogP contribution in [0.4, 0.5) is 11.5 Å². The van der Waals surface area contributed by atoms with E-state index in [1.807, 2.05) is 43.4 Å². The van der Waals surface area contributed by atoms with E-state index in [4.69, 9.17) is 4.74 Å². The molecule has 2 N–H and O–H groups in total. The molecule has 2 atom stereocenters. The van der Waals surface area contributed by atoms with Crippen LogP contribution in [-0.4, -0.2) is 62.1 Å². The van der Waals surface area contributed by atoms with Gasteiger partial charge in [0.05, 0.1) is 36.1 Å². The minimum Gasteiger partial charge on any atom is -1.00 e. The Hall–Kier alpha value is -2.39. The van der Waals surface area contributed by atoms with Crippen LogP contribution in [0.5, 0.6) is 0 Å². The van der Waals surface area contributed by atoms with E-state index in [0.717, 1.165) is 40.9 Å². The van der Waals surface area contributed by atoms with Crippen LogP contribution in [0.1, 0.15) is 30.4 Å². The summed E-state index contributed by atoms with van der Waals surface area (Å²) in [5.74, 6) is 0.386. The number of hydrogen-bond acceptors (Lipinski definition) is 7. The number of H-pyrrole nitrogens is 1. The Morgan fingerprint density at radius 1 is 1.34 bits per heavy atom. The molecule has 1 aliphatic rings. The van der Waals surface area contributed by atoms with E-state index in [-0.39, 0.29) is 43.1 Å². The third-order valence-electron chi connectivity index (χ3n) is 5.89. The maximum absolute atomic E-state index is 12.8. The molecule has 32 heavy (non-hydrogen) atoms. The average Bonchev–Trinajstić information content (AvgIpc) is 3.22. The molecule has 4 rings (SSSR count). The topological polar surface area (TPSA) is 90.6 Å². The molecular formula is C23H28N5NaO3. The number of esters is 1. The smallest absolute Gasteiger partial charge is 1.00 e. The number of aldehydes is 1. The summed E-state index contributed by atoms with van der Waals surface area (Å²) in [5, 5.41) is 4.10. The van der Waals surface area contributed by atoms with Gasteiger partial charge in [0.1, 0.15) is 6.29 Å². The summed E-state index contributed by atoms with van der Waals surface area (Å²) in [7, 11) is 3.40. The van der Waals surface area contributed by atoms with E-state index >= 15 is 0 Å². The first-order chi connectivity index (χ1) is 15.1. The summed E-state index contributed by atoms with van der Waals surface area (Å²) >= 11 is 0. The first-order valence-corrected chi connectivity index (χ1v) is 10.4. The van der Waals surface area contributed by atoms with Crippen LogP contribution in [-0.2, 0) is 9.53 Å². The van der Waals surface area contributed by atoms with Crippen molar-refractivity contribution in [3.05, 3.63) is 53.9 Å². The van der Waals surface area contributed by atoms with Crippen LogP contribution < -0.4 is 44.7 Å². The van der Waals surface area contributed by atoms with Crippen LogP contribution in [0.2, 0.25) is 0 Å². The van der Waals surface area contributed by atoms with Crippen molar-refractivity contribution in [2.24, 2.45) is 0 Å². The van der Waals surface area contributed by atoms with Crippen molar-refractivity contribution in [1.82, 2.24) is 15.3 Å². The number of piperazine rings is 1. The molecule has 0 radical (unpaired) electrons. The van der Waals surface area contributed by atoms with Gasteiger partial charge in [0.2, 0.25) is 0 Å². The molecule has 1 aromatic carbocycles. The van der Waals surface area contributed by atoms with Crippen molar-refractivity contribution in [1.29, 1.82) is 0 Å². The molecule has 3 heterocycles. The molecule has 0 amide bonds. The number of aromatic nitrogens is 2. The van der Waals surface area contributed by atoms with Gasteiger partial charge in [-0.3, -0.25) is 0 Å². The van der Waals surface area contributed by atoms with Gasteiger partial charge < -0.3 is 31.1 Å². The van der Waals surface area contributed by atoms with Gasteiger partial charge in [-0.1, -0.05) is 18.2 Å². The third kappa shape index (κ3) is 4.41. The summed E-state index contributed by atoms with van der Waals surface area (Å²) < 4.78 is 5.12. The number of ether oxygens (including phenoxy) is 1. The third-order valence-corrected chi connectivity index (χ3v) is 5.89. The maximum atomic E-state index is 12.8. The molecule has 3 aromatic rings. The fourth-order valence-electron chi connectivity index (χ4n) is 4.17. The number of methoxy groups -OCH3 is 1. The number of fused-ring (bicyclic) bond motifs is 1. The number of aromatic amines is 1. The van der Waals surface area contributed by atoms with E-state index < -0.39 is 5.97 Å². The predicted molar refractivity (Wildman–Crippen MR) is 122 cm³/mol. The Morgan fingerprint density at radius 2 is 2.12 bits per heavy atom. The summed E-state index contributed by atoms with van der Waals surface area (Å²) in [6.45, 7) is 3.80. The fourth-order valence-corrected chi connectivity index (χ4v) is 4.17. The molecule has 9 heteroatoms. The zero-order chi connectivity index (χ0) is 22.0. The van der Waals surface area contributed by atoms with E-state index in [1.54, 1.807) is 6.20 Å². The Kier molecular flexibility index (Phi) is 7.95. The first-order valence-electron chi connectivity index (χ1n) is 10.4. The van der Waals surface area contributed by atoms with Gasteiger partial charge in [-0.2, -0.15) is 0 Å². The standard InChI is InChI=1S/C23H27N5O3.Na.H/c1-4-27(2)18-10-7-11-24-22(18)28-13-15(14-29)25-12-19(28)21-20(23(30)31-3)16-8-5-6-9-17(16)26-21;;/h5-11,14-15,19,25-26H,4,12-13H2,1-3H3;;/q;+1;-1. The van der Waals surface area contributed by atoms with Crippen molar-refractivity contribution in [2.75, 3.05) is 43.6 Å². The number of anilines is 2. The van der Waals surface area contributed by atoms with Gasteiger partial charge in [-0.05, 0) is 25.1 Å². The van der Waals surface area contributed by atoms with Crippen molar-refractivity contribution < 1.29 is 45.3 Å². The second kappa shape index (κ2) is 10.5. The summed E-state index contributed by atoms with van der Waals surface area (Å²) in [6.07, 6.45) is 2.67. The molecular weight excluding hydrogens is 417 g/mol. The number of pyridine rings is 1. The summed E-state index contributed by atoms with van der Waals surface area (Å²) in [5.41, 5.74) is 3.10. The van der Waals surface area contributed by atoms with E-state index in [0.29, 0.717) is 18.7 Å². The van der Waals surface area contributed by atoms with Crippen LogP contribution in [0.25, 0.3) is 10.9 Å². The molecule has 2 aromatic heterocycles. The predicted octanol–water partition coefficient (Wildman–Crippen LogP) is -0.359. The van der Waals surface area contributed by atoms with Crippen LogP contribution >= 0.6 is 0 Å². The Labute approximate surface area is 211 Å². The molecule has 1 aliphatic heterocycles. The van der Waals surface area contributed by atoms with E-state index in [9.17, 15) is 9.59 Å². The maximum Gasteiger partial charge on any atom is 1.00 e. The van der Waals surface area contributed by atoms with Crippen molar-refractivity contribution in [2.45, 2.75) is 19.0 Å². The minimum absolute atomic E-state index is 0. The van der Waals surface area contributed by atoms with Gasteiger partial charge >= 0.3 is 35.5 Å². The number of hydrogen-bond donors (Lipinski definition) is 2. The van der Waals surface area contributed by atoms with Crippen molar-refractivity contribution in [3.8, 4) is 0 Å². The molecule has 1 saturated heterocycles. The van der Waals surface area contributed by atoms with Crippen molar-refractivity contribution in [3.63, 3.8) is 0 Å². The number of carbonyl (C=O) groups excluding carboxylic acids is 2. The second-order valence-corrected chi connectivity index (χ2v) is 7.63. The SMILES string of the molecule is CCN(C)c1cccnc1N1CC(C=O)NCC1c1[nH]c2ccccc2c1C(=O)OC.[H-].[Na+]. The number of benzene rings is 1. The van der Waals surface area contributed by atoms with E-state index in [2.05, 4.69) is 32.0 Å². The van der Waals surface area contributed by atoms with Crippen LogP contribution in [0.15, 0.2) is 42.6 Å². The normalized spacial score (nSPS) is 18.2. The summed E-state index contributed by atoms with van der Waals surface area (Å²) in [6, 6.07) is 11.0. The van der Waals surface area contributed by atoms with Gasteiger partial charge in [0.25, 0.3) is 0 Å². The Balaban J connectivity index is 0.00000193.